The van der Waals surface area contributed by atoms with Crippen molar-refractivity contribution in [2.75, 3.05) is 10.5 Å². The second-order valence-corrected chi connectivity index (χ2v) is 6.66. The molecule has 0 atom stereocenters. The minimum atomic E-state index is -3.82. The molecule has 0 saturated carbocycles. The van der Waals surface area contributed by atoms with Crippen LogP contribution in [0.1, 0.15) is 5.56 Å². The van der Waals surface area contributed by atoms with Gasteiger partial charge in [-0.25, -0.2) is 8.42 Å². The summed E-state index contributed by atoms with van der Waals surface area (Å²) >= 11 is 11.7. The van der Waals surface area contributed by atoms with Gasteiger partial charge in [-0.1, -0.05) is 35.3 Å². The fourth-order valence-corrected chi connectivity index (χ4v) is 3.42. The van der Waals surface area contributed by atoms with Gasteiger partial charge in [0.25, 0.3) is 10.0 Å². The summed E-state index contributed by atoms with van der Waals surface area (Å²) in [6, 6.07) is 9.33. The van der Waals surface area contributed by atoms with Crippen molar-refractivity contribution in [1.82, 2.24) is 0 Å². The molecule has 7 heteroatoms. The van der Waals surface area contributed by atoms with Gasteiger partial charge in [0, 0.05) is 5.69 Å². The Balaban J connectivity index is 2.41. The highest BCUT2D eigenvalue weighted by molar-refractivity contribution is 7.92. The number of aryl methyl sites for hydroxylation is 1. The number of halogens is 2. The van der Waals surface area contributed by atoms with E-state index in [1.54, 1.807) is 18.2 Å². The molecule has 20 heavy (non-hydrogen) atoms. The lowest BCUT2D eigenvalue weighted by molar-refractivity contribution is 0.601. The molecule has 2 rings (SSSR count). The fourth-order valence-electron chi connectivity index (χ4n) is 1.61. The summed E-state index contributed by atoms with van der Waals surface area (Å²) in [6.45, 7) is 1.83. The highest BCUT2D eigenvalue weighted by Gasteiger charge is 2.19. The van der Waals surface area contributed by atoms with Crippen LogP contribution < -0.4 is 10.5 Å². The smallest absolute Gasteiger partial charge is 0.263 e. The Kier molecular flexibility index (Phi) is 4.13. The molecule has 0 radical (unpaired) electrons. The third-order valence-electron chi connectivity index (χ3n) is 2.74. The van der Waals surface area contributed by atoms with Crippen LogP contribution in [0.4, 0.5) is 11.4 Å². The molecule has 0 heterocycles. The minimum Gasteiger partial charge on any atom is -0.398 e. The summed E-state index contributed by atoms with van der Waals surface area (Å²) in [7, 11) is -3.82. The monoisotopic (exact) mass is 330 g/mol. The highest BCUT2D eigenvalue weighted by atomic mass is 35.5. The van der Waals surface area contributed by atoms with Gasteiger partial charge in [-0.2, -0.15) is 0 Å². The van der Waals surface area contributed by atoms with E-state index >= 15 is 0 Å². The molecule has 0 bridgehead atoms. The predicted molar refractivity (Wildman–Crippen MR) is 82.9 cm³/mol. The minimum absolute atomic E-state index is 0.0123. The second kappa shape index (κ2) is 5.52. The first-order valence-corrected chi connectivity index (χ1v) is 7.88. The topological polar surface area (TPSA) is 72.2 Å². The van der Waals surface area contributed by atoms with E-state index in [1.807, 2.05) is 6.92 Å². The van der Waals surface area contributed by atoms with Crippen molar-refractivity contribution >= 4 is 44.6 Å². The molecule has 0 amide bonds. The second-order valence-electron chi connectivity index (χ2n) is 4.23. The van der Waals surface area contributed by atoms with Crippen LogP contribution in [0.15, 0.2) is 41.3 Å². The zero-order valence-electron chi connectivity index (χ0n) is 10.5. The third-order valence-corrected chi connectivity index (χ3v) is 5.09. The first-order chi connectivity index (χ1) is 9.31. The van der Waals surface area contributed by atoms with Crippen LogP contribution in [0.5, 0.6) is 0 Å². The Bertz CT molecular complexity index is 761. The Labute approximate surface area is 127 Å². The van der Waals surface area contributed by atoms with Crippen molar-refractivity contribution in [3.8, 4) is 0 Å². The SMILES string of the molecule is Cc1ccc(NS(=O)(=O)c2cccc(Cl)c2Cl)cc1N. The molecule has 0 unspecified atom stereocenters. The predicted octanol–water partition coefficient (Wildman–Crippen LogP) is 3.68. The van der Waals surface area contributed by atoms with Crippen molar-refractivity contribution in [2.45, 2.75) is 11.8 Å². The van der Waals surface area contributed by atoms with Gasteiger partial charge in [0.1, 0.15) is 4.90 Å². The van der Waals surface area contributed by atoms with E-state index in [-0.39, 0.29) is 14.9 Å². The summed E-state index contributed by atoms with van der Waals surface area (Å²) in [6.07, 6.45) is 0. The summed E-state index contributed by atoms with van der Waals surface area (Å²) in [5.74, 6) is 0. The first-order valence-electron chi connectivity index (χ1n) is 5.64. The Morgan fingerprint density at radius 2 is 1.85 bits per heavy atom. The summed E-state index contributed by atoms with van der Waals surface area (Å²) < 4.78 is 27.0. The Morgan fingerprint density at radius 3 is 2.50 bits per heavy atom. The average molecular weight is 331 g/mol. The molecule has 0 aromatic heterocycles. The highest BCUT2D eigenvalue weighted by Crippen LogP contribution is 2.30. The number of rotatable bonds is 3. The zero-order chi connectivity index (χ0) is 14.9. The molecule has 0 spiro atoms. The third kappa shape index (κ3) is 3.00. The van der Waals surface area contributed by atoms with E-state index in [1.165, 1.54) is 18.2 Å². The number of nitrogen functional groups attached to an aromatic ring is 1. The summed E-state index contributed by atoms with van der Waals surface area (Å²) in [5.41, 5.74) is 7.49. The van der Waals surface area contributed by atoms with Crippen LogP contribution in [0.3, 0.4) is 0 Å². The van der Waals surface area contributed by atoms with Gasteiger partial charge in [0.05, 0.1) is 15.7 Å². The van der Waals surface area contributed by atoms with Crippen LogP contribution in [0.25, 0.3) is 0 Å². The maximum absolute atomic E-state index is 12.3. The fraction of sp³-hybridized carbons (Fsp3) is 0.0769. The summed E-state index contributed by atoms with van der Waals surface area (Å²) in [5, 5.41) is 0.166. The quantitative estimate of drug-likeness (QED) is 0.843. The number of nitrogens with one attached hydrogen (secondary N) is 1. The lowest BCUT2D eigenvalue weighted by Crippen LogP contribution is -2.13. The molecule has 0 aliphatic rings. The van der Waals surface area contributed by atoms with E-state index < -0.39 is 10.0 Å². The number of hydrogen-bond acceptors (Lipinski definition) is 3. The zero-order valence-corrected chi connectivity index (χ0v) is 12.9. The molecule has 2 aromatic carbocycles. The van der Waals surface area contributed by atoms with Crippen molar-refractivity contribution in [3.63, 3.8) is 0 Å². The maximum Gasteiger partial charge on any atom is 0.263 e. The largest absolute Gasteiger partial charge is 0.398 e. The van der Waals surface area contributed by atoms with Crippen LogP contribution in [0.2, 0.25) is 10.0 Å². The standard InChI is InChI=1S/C13H12Cl2N2O2S/c1-8-5-6-9(7-11(8)16)17-20(18,19)12-4-2-3-10(14)13(12)15/h2-7,17H,16H2,1H3. The first kappa shape index (κ1) is 15.0. The molecule has 3 N–H and O–H groups in total. The molecular weight excluding hydrogens is 319 g/mol. The van der Waals surface area contributed by atoms with E-state index in [4.69, 9.17) is 28.9 Å². The molecular formula is C13H12Cl2N2O2S. The molecule has 0 aliphatic carbocycles. The van der Waals surface area contributed by atoms with Crippen LogP contribution in [-0.4, -0.2) is 8.42 Å². The van der Waals surface area contributed by atoms with Gasteiger partial charge in [0.15, 0.2) is 0 Å². The van der Waals surface area contributed by atoms with Gasteiger partial charge in [0.2, 0.25) is 0 Å². The van der Waals surface area contributed by atoms with Gasteiger partial charge in [-0.15, -0.1) is 0 Å². The number of hydrogen-bond donors (Lipinski definition) is 2. The molecule has 0 fully saturated rings. The van der Waals surface area contributed by atoms with Crippen LogP contribution in [0, 0.1) is 6.92 Å². The Morgan fingerprint density at radius 1 is 1.15 bits per heavy atom. The lowest BCUT2D eigenvalue weighted by atomic mass is 10.2. The van der Waals surface area contributed by atoms with Crippen molar-refractivity contribution < 1.29 is 8.42 Å². The maximum atomic E-state index is 12.3. The van der Waals surface area contributed by atoms with E-state index in [2.05, 4.69) is 4.72 Å². The normalized spacial score (nSPS) is 11.3. The molecule has 106 valence electrons. The van der Waals surface area contributed by atoms with Gasteiger partial charge >= 0.3 is 0 Å². The number of sulfonamides is 1. The molecule has 0 aliphatic heterocycles. The van der Waals surface area contributed by atoms with Crippen molar-refractivity contribution in [3.05, 3.63) is 52.0 Å². The van der Waals surface area contributed by atoms with Gasteiger partial charge in [-0.3, -0.25) is 4.72 Å². The Hall–Kier alpha value is -1.43. The number of nitrogens with two attached hydrogens (primary N) is 1. The van der Waals surface area contributed by atoms with E-state index in [9.17, 15) is 8.42 Å². The van der Waals surface area contributed by atoms with Crippen LogP contribution >= 0.6 is 23.2 Å². The molecule has 0 saturated heterocycles. The molecule has 4 nitrogen and oxygen atoms in total. The van der Waals surface area contributed by atoms with E-state index in [0.29, 0.717) is 11.4 Å². The molecule has 2 aromatic rings. The van der Waals surface area contributed by atoms with Gasteiger partial charge in [-0.05, 0) is 36.8 Å². The van der Waals surface area contributed by atoms with E-state index in [0.717, 1.165) is 5.56 Å². The van der Waals surface area contributed by atoms with Crippen molar-refractivity contribution in [1.29, 1.82) is 0 Å². The number of anilines is 2. The lowest BCUT2D eigenvalue weighted by Gasteiger charge is -2.11. The van der Waals surface area contributed by atoms with Crippen LogP contribution in [-0.2, 0) is 10.0 Å². The summed E-state index contributed by atoms with van der Waals surface area (Å²) in [4.78, 5) is -0.0780. The van der Waals surface area contributed by atoms with Crippen molar-refractivity contribution in [2.24, 2.45) is 0 Å². The van der Waals surface area contributed by atoms with Gasteiger partial charge < -0.3 is 5.73 Å². The number of benzene rings is 2. The average Bonchev–Trinajstić information content (AvgIpc) is 2.36.